The number of aromatic nitrogens is 1. The molecule has 2 aliphatic heterocycles. The summed E-state index contributed by atoms with van der Waals surface area (Å²) in [6, 6.07) is 6.11. The molecule has 1 aromatic heterocycles. The molecule has 3 rings (SSSR count). The maximum Gasteiger partial charge on any atom is 0.193 e. The van der Waals surface area contributed by atoms with Crippen molar-refractivity contribution in [1.82, 2.24) is 25.0 Å². The Bertz CT molecular complexity index is 569. The number of nitrogens with one attached hydrogen (secondary N) is 1. The summed E-state index contributed by atoms with van der Waals surface area (Å²) in [4.78, 5) is 18.7. The third-order valence-corrected chi connectivity index (χ3v) is 5.51. The van der Waals surface area contributed by atoms with E-state index in [4.69, 9.17) is 0 Å². The molecule has 0 aromatic carbocycles. The molecule has 0 atom stereocenters. The van der Waals surface area contributed by atoms with Crippen molar-refractivity contribution in [2.75, 3.05) is 84.4 Å². The van der Waals surface area contributed by atoms with Gasteiger partial charge in [-0.3, -0.25) is 4.99 Å². The highest BCUT2D eigenvalue weighted by molar-refractivity contribution is 5.80. The molecule has 0 unspecified atom stereocenters. The van der Waals surface area contributed by atoms with Gasteiger partial charge in [0.25, 0.3) is 0 Å². The van der Waals surface area contributed by atoms with Crippen LogP contribution in [0.25, 0.3) is 0 Å². The van der Waals surface area contributed by atoms with Gasteiger partial charge in [-0.2, -0.15) is 0 Å². The molecule has 1 N–H and O–H groups in total. The van der Waals surface area contributed by atoms with E-state index in [1.54, 1.807) is 0 Å². The summed E-state index contributed by atoms with van der Waals surface area (Å²) in [5, 5.41) is 3.56. The molecule has 0 aliphatic carbocycles. The molecule has 0 amide bonds. The molecular formula is C20H35N7. The van der Waals surface area contributed by atoms with Gasteiger partial charge in [-0.1, -0.05) is 6.07 Å². The second-order valence-electron chi connectivity index (χ2n) is 7.49. The van der Waals surface area contributed by atoms with Crippen molar-refractivity contribution >= 4 is 11.8 Å². The van der Waals surface area contributed by atoms with Crippen LogP contribution in [0.1, 0.15) is 12.8 Å². The molecule has 27 heavy (non-hydrogen) atoms. The lowest BCUT2D eigenvalue weighted by molar-refractivity contribution is 0.273. The number of hydrogen-bond acceptors (Lipinski definition) is 5. The van der Waals surface area contributed by atoms with Crippen molar-refractivity contribution in [3.63, 3.8) is 0 Å². The van der Waals surface area contributed by atoms with Crippen LogP contribution in [0.2, 0.25) is 0 Å². The van der Waals surface area contributed by atoms with Crippen molar-refractivity contribution in [3.8, 4) is 0 Å². The molecule has 0 saturated carbocycles. The minimum atomic E-state index is 0.981. The number of piperazine rings is 1. The Morgan fingerprint density at radius 1 is 1.07 bits per heavy atom. The van der Waals surface area contributed by atoms with E-state index < -0.39 is 0 Å². The SMILES string of the molecule is CN=C(NCCCN1CCCN(C)CC1)N1CCN(c2ccccn2)CC1. The summed E-state index contributed by atoms with van der Waals surface area (Å²) >= 11 is 0. The number of likely N-dealkylation sites (N-methyl/N-ethyl adjacent to an activating group) is 1. The molecule has 0 spiro atoms. The third kappa shape index (κ3) is 6.07. The number of aliphatic imine (C=N–C) groups is 1. The molecule has 1 aromatic rings. The first-order chi connectivity index (χ1) is 13.3. The van der Waals surface area contributed by atoms with Gasteiger partial charge in [0.2, 0.25) is 0 Å². The van der Waals surface area contributed by atoms with E-state index in [-0.39, 0.29) is 0 Å². The fourth-order valence-corrected chi connectivity index (χ4v) is 3.85. The third-order valence-electron chi connectivity index (χ3n) is 5.51. The molecule has 7 heteroatoms. The predicted octanol–water partition coefficient (Wildman–Crippen LogP) is 0.807. The Morgan fingerprint density at radius 3 is 2.67 bits per heavy atom. The standard InChI is InChI=1S/C20H35N7/c1-21-20(23-9-5-11-25-12-6-10-24(2)13-14-25)27-17-15-26(16-18-27)19-7-3-4-8-22-19/h3-4,7-8H,5-6,9-18H2,1-2H3,(H,21,23). The van der Waals surface area contributed by atoms with Crippen LogP contribution in [0.15, 0.2) is 29.4 Å². The van der Waals surface area contributed by atoms with Gasteiger partial charge >= 0.3 is 0 Å². The summed E-state index contributed by atoms with van der Waals surface area (Å²) < 4.78 is 0. The molecule has 2 saturated heterocycles. The second-order valence-corrected chi connectivity index (χ2v) is 7.49. The zero-order chi connectivity index (χ0) is 18.9. The number of rotatable bonds is 5. The molecular weight excluding hydrogens is 338 g/mol. The van der Waals surface area contributed by atoms with Gasteiger partial charge in [-0.15, -0.1) is 0 Å². The Kier molecular flexibility index (Phi) is 7.71. The predicted molar refractivity (Wildman–Crippen MR) is 113 cm³/mol. The van der Waals surface area contributed by atoms with E-state index in [0.717, 1.165) is 50.9 Å². The number of nitrogens with zero attached hydrogens (tertiary/aromatic N) is 6. The van der Waals surface area contributed by atoms with Gasteiger partial charge in [0.15, 0.2) is 5.96 Å². The van der Waals surface area contributed by atoms with Crippen LogP contribution < -0.4 is 10.2 Å². The number of anilines is 1. The van der Waals surface area contributed by atoms with Crippen LogP contribution in [0.3, 0.4) is 0 Å². The van der Waals surface area contributed by atoms with Crippen molar-refractivity contribution in [3.05, 3.63) is 24.4 Å². The van der Waals surface area contributed by atoms with Crippen LogP contribution in [-0.2, 0) is 0 Å². The van der Waals surface area contributed by atoms with Gasteiger partial charge in [-0.05, 0) is 51.7 Å². The average Bonchev–Trinajstić information content (AvgIpc) is 2.93. The van der Waals surface area contributed by atoms with Crippen LogP contribution in [-0.4, -0.2) is 105 Å². The number of hydrogen-bond donors (Lipinski definition) is 1. The van der Waals surface area contributed by atoms with E-state index >= 15 is 0 Å². The first kappa shape index (κ1) is 19.9. The highest BCUT2D eigenvalue weighted by atomic mass is 15.4. The molecule has 7 nitrogen and oxygen atoms in total. The summed E-state index contributed by atoms with van der Waals surface area (Å²) in [7, 11) is 4.11. The normalized spacial score (nSPS) is 20.6. The fraction of sp³-hybridized carbons (Fsp3) is 0.700. The van der Waals surface area contributed by atoms with E-state index in [2.05, 4.69) is 54.1 Å². The Hall–Kier alpha value is -1.86. The molecule has 3 heterocycles. The maximum atomic E-state index is 4.50. The smallest absolute Gasteiger partial charge is 0.193 e. The number of guanidine groups is 1. The van der Waals surface area contributed by atoms with Crippen molar-refractivity contribution in [2.45, 2.75) is 12.8 Å². The zero-order valence-electron chi connectivity index (χ0n) is 17.0. The van der Waals surface area contributed by atoms with Crippen LogP contribution >= 0.6 is 0 Å². The Labute approximate surface area is 164 Å². The van der Waals surface area contributed by atoms with Gasteiger partial charge in [0, 0.05) is 59.1 Å². The van der Waals surface area contributed by atoms with Crippen LogP contribution in [0.5, 0.6) is 0 Å². The minimum Gasteiger partial charge on any atom is -0.356 e. The van der Waals surface area contributed by atoms with Gasteiger partial charge < -0.3 is 24.9 Å². The minimum absolute atomic E-state index is 0.981. The fourth-order valence-electron chi connectivity index (χ4n) is 3.85. The maximum absolute atomic E-state index is 4.50. The largest absolute Gasteiger partial charge is 0.356 e. The van der Waals surface area contributed by atoms with Crippen molar-refractivity contribution in [2.24, 2.45) is 4.99 Å². The first-order valence-corrected chi connectivity index (χ1v) is 10.3. The molecule has 2 aliphatic rings. The topological polar surface area (TPSA) is 50.2 Å². The second kappa shape index (κ2) is 10.5. The zero-order valence-corrected chi connectivity index (χ0v) is 17.0. The quantitative estimate of drug-likeness (QED) is 0.468. The van der Waals surface area contributed by atoms with Crippen molar-refractivity contribution in [1.29, 1.82) is 0 Å². The van der Waals surface area contributed by atoms with E-state index in [1.165, 1.54) is 39.1 Å². The van der Waals surface area contributed by atoms with E-state index in [1.807, 2.05) is 19.3 Å². The lowest BCUT2D eigenvalue weighted by Gasteiger charge is -2.37. The lowest BCUT2D eigenvalue weighted by Crippen LogP contribution is -2.53. The monoisotopic (exact) mass is 373 g/mol. The van der Waals surface area contributed by atoms with Crippen molar-refractivity contribution < 1.29 is 0 Å². The lowest BCUT2D eigenvalue weighted by atomic mass is 10.3. The Balaban J connectivity index is 1.36. The van der Waals surface area contributed by atoms with Gasteiger partial charge in [-0.25, -0.2) is 4.98 Å². The van der Waals surface area contributed by atoms with E-state index in [9.17, 15) is 0 Å². The molecule has 150 valence electrons. The highest BCUT2D eigenvalue weighted by Crippen LogP contribution is 2.12. The average molecular weight is 374 g/mol. The number of pyridine rings is 1. The Morgan fingerprint density at radius 2 is 1.93 bits per heavy atom. The van der Waals surface area contributed by atoms with Gasteiger partial charge in [0.1, 0.15) is 5.82 Å². The highest BCUT2D eigenvalue weighted by Gasteiger charge is 2.20. The first-order valence-electron chi connectivity index (χ1n) is 10.3. The van der Waals surface area contributed by atoms with E-state index in [0.29, 0.717) is 0 Å². The summed E-state index contributed by atoms with van der Waals surface area (Å²) in [5.74, 6) is 2.11. The summed E-state index contributed by atoms with van der Waals surface area (Å²) in [6.45, 7) is 10.9. The summed E-state index contributed by atoms with van der Waals surface area (Å²) in [5.41, 5.74) is 0. The van der Waals surface area contributed by atoms with Crippen LogP contribution in [0.4, 0.5) is 5.82 Å². The van der Waals surface area contributed by atoms with Crippen LogP contribution in [0, 0.1) is 0 Å². The molecule has 0 bridgehead atoms. The van der Waals surface area contributed by atoms with Gasteiger partial charge in [0.05, 0.1) is 0 Å². The summed E-state index contributed by atoms with van der Waals surface area (Å²) in [6.07, 6.45) is 4.31. The molecule has 0 radical (unpaired) electrons. The molecule has 2 fully saturated rings.